The lowest BCUT2D eigenvalue weighted by molar-refractivity contribution is -0.117. The number of halogens is 1. The van der Waals surface area contributed by atoms with Crippen LogP contribution in [0.25, 0.3) is 6.08 Å². The topological polar surface area (TPSA) is 46.9 Å². The number of carbonyl (C=O) groups is 1. The third-order valence-electron chi connectivity index (χ3n) is 5.07. The predicted molar refractivity (Wildman–Crippen MR) is 106 cm³/mol. The fourth-order valence-corrected chi connectivity index (χ4v) is 3.74. The van der Waals surface area contributed by atoms with Crippen molar-refractivity contribution in [3.05, 3.63) is 57.9 Å². The minimum atomic E-state index is -0.0189. The van der Waals surface area contributed by atoms with Crippen LogP contribution in [0, 0.1) is 13.8 Å². The fraction of sp³-hybridized carbons (Fsp3) is 0.429. The SMILES string of the molecule is Cc1nn(Cc2ccccc2Cl)c(C)c1/C=C/C(=O)NC1CCCCC1. The summed E-state index contributed by atoms with van der Waals surface area (Å²) in [6.45, 7) is 4.61. The van der Waals surface area contributed by atoms with E-state index in [2.05, 4.69) is 10.4 Å². The monoisotopic (exact) mass is 371 g/mol. The summed E-state index contributed by atoms with van der Waals surface area (Å²) >= 11 is 6.26. The highest BCUT2D eigenvalue weighted by Crippen LogP contribution is 2.21. The lowest BCUT2D eigenvalue weighted by Crippen LogP contribution is -2.34. The first-order chi connectivity index (χ1) is 12.5. The van der Waals surface area contributed by atoms with Crippen LogP contribution in [0.15, 0.2) is 30.3 Å². The first-order valence-electron chi connectivity index (χ1n) is 9.30. The van der Waals surface area contributed by atoms with Gasteiger partial charge in [0.15, 0.2) is 0 Å². The first-order valence-corrected chi connectivity index (χ1v) is 9.68. The second-order valence-electron chi connectivity index (χ2n) is 7.01. The maximum Gasteiger partial charge on any atom is 0.244 e. The van der Waals surface area contributed by atoms with E-state index < -0.39 is 0 Å². The van der Waals surface area contributed by atoms with Crippen molar-refractivity contribution in [3.63, 3.8) is 0 Å². The maximum atomic E-state index is 12.2. The van der Waals surface area contributed by atoms with Crippen molar-refractivity contribution >= 4 is 23.6 Å². The Hall–Kier alpha value is -2.07. The Morgan fingerprint density at radius 3 is 2.73 bits per heavy atom. The van der Waals surface area contributed by atoms with Gasteiger partial charge in [-0.05, 0) is 44.4 Å². The number of carbonyl (C=O) groups excluding carboxylic acids is 1. The van der Waals surface area contributed by atoms with Gasteiger partial charge < -0.3 is 5.32 Å². The van der Waals surface area contributed by atoms with Crippen LogP contribution >= 0.6 is 11.6 Å². The Kier molecular flexibility index (Phi) is 6.15. The van der Waals surface area contributed by atoms with Gasteiger partial charge in [-0.3, -0.25) is 9.48 Å². The van der Waals surface area contributed by atoms with E-state index in [1.165, 1.54) is 19.3 Å². The summed E-state index contributed by atoms with van der Waals surface area (Å²) in [6.07, 6.45) is 9.39. The molecule has 5 heteroatoms. The summed E-state index contributed by atoms with van der Waals surface area (Å²) in [4.78, 5) is 12.2. The highest BCUT2D eigenvalue weighted by atomic mass is 35.5. The third kappa shape index (κ3) is 4.55. The molecule has 1 heterocycles. The average Bonchev–Trinajstić information content (AvgIpc) is 2.89. The Morgan fingerprint density at radius 2 is 2.00 bits per heavy atom. The van der Waals surface area contributed by atoms with Gasteiger partial charge >= 0.3 is 0 Å². The second-order valence-corrected chi connectivity index (χ2v) is 7.42. The Bertz CT molecular complexity index is 804. The van der Waals surface area contributed by atoms with E-state index in [-0.39, 0.29) is 5.91 Å². The molecule has 0 bridgehead atoms. The number of nitrogens with one attached hydrogen (secondary N) is 1. The molecular weight excluding hydrogens is 346 g/mol. The second kappa shape index (κ2) is 8.54. The molecule has 0 spiro atoms. The number of nitrogens with zero attached hydrogens (tertiary/aromatic N) is 2. The van der Waals surface area contributed by atoms with Crippen LogP contribution in [0.1, 0.15) is 54.6 Å². The summed E-state index contributed by atoms with van der Waals surface area (Å²) in [6, 6.07) is 8.12. The van der Waals surface area contributed by atoms with E-state index in [9.17, 15) is 4.79 Å². The number of hydrogen-bond donors (Lipinski definition) is 1. The van der Waals surface area contributed by atoms with Crippen molar-refractivity contribution in [1.29, 1.82) is 0 Å². The van der Waals surface area contributed by atoms with Gasteiger partial charge in [0.25, 0.3) is 0 Å². The molecule has 1 aromatic carbocycles. The standard InChI is InChI=1S/C21H26ClN3O/c1-15-19(12-13-21(26)23-18-9-4-3-5-10-18)16(2)25(24-15)14-17-8-6-7-11-20(17)22/h6-8,11-13,18H,3-5,9-10,14H2,1-2H3,(H,23,26)/b13-12+. The van der Waals surface area contributed by atoms with E-state index >= 15 is 0 Å². The summed E-state index contributed by atoms with van der Waals surface area (Å²) in [5, 5.41) is 8.47. The molecule has 1 aliphatic carbocycles. The van der Waals surface area contributed by atoms with Crippen molar-refractivity contribution in [1.82, 2.24) is 15.1 Å². The normalized spacial score (nSPS) is 15.5. The zero-order chi connectivity index (χ0) is 18.5. The van der Waals surface area contributed by atoms with E-state index in [4.69, 9.17) is 11.6 Å². The zero-order valence-electron chi connectivity index (χ0n) is 15.5. The van der Waals surface area contributed by atoms with Crippen LogP contribution in [0.3, 0.4) is 0 Å². The van der Waals surface area contributed by atoms with E-state index in [0.29, 0.717) is 12.6 Å². The van der Waals surface area contributed by atoms with Crippen molar-refractivity contribution in [2.45, 2.75) is 58.5 Å². The number of hydrogen-bond acceptors (Lipinski definition) is 2. The van der Waals surface area contributed by atoms with Crippen molar-refractivity contribution in [2.75, 3.05) is 0 Å². The molecule has 26 heavy (non-hydrogen) atoms. The molecular formula is C21H26ClN3O. The van der Waals surface area contributed by atoms with Crippen molar-refractivity contribution in [2.24, 2.45) is 0 Å². The van der Waals surface area contributed by atoms with Gasteiger partial charge in [-0.1, -0.05) is 49.1 Å². The molecule has 1 fully saturated rings. The van der Waals surface area contributed by atoms with E-state index in [0.717, 1.165) is 40.4 Å². The third-order valence-corrected chi connectivity index (χ3v) is 5.44. The number of aryl methyl sites for hydroxylation is 1. The zero-order valence-corrected chi connectivity index (χ0v) is 16.2. The fourth-order valence-electron chi connectivity index (χ4n) is 3.55. The largest absolute Gasteiger partial charge is 0.350 e. The molecule has 3 rings (SSSR count). The van der Waals surface area contributed by atoms with E-state index in [1.54, 1.807) is 6.08 Å². The Balaban J connectivity index is 1.69. The van der Waals surface area contributed by atoms with Gasteiger partial charge in [-0.2, -0.15) is 5.10 Å². The van der Waals surface area contributed by atoms with Crippen molar-refractivity contribution < 1.29 is 4.79 Å². The van der Waals surface area contributed by atoms with Crippen LogP contribution in [0.4, 0.5) is 0 Å². The van der Waals surface area contributed by atoms with Crippen LogP contribution in [-0.4, -0.2) is 21.7 Å². The molecule has 2 aromatic rings. The summed E-state index contributed by atoms with van der Waals surface area (Å²) in [5.74, 6) is -0.0189. The quantitative estimate of drug-likeness (QED) is 0.777. The summed E-state index contributed by atoms with van der Waals surface area (Å²) < 4.78 is 1.94. The highest BCUT2D eigenvalue weighted by Gasteiger charge is 2.15. The van der Waals surface area contributed by atoms with Crippen LogP contribution < -0.4 is 5.32 Å². The molecule has 0 aliphatic heterocycles. The molecule has 0 saturated heterocycles. The van der Waals surface area contributed by atoms with Crippen LogP contribution in [0.5, 0.6) is 0 Å². The van der Waals surface area contributed by atoms with Gasteiger partial charge in [0, 0.05) is 28.4 Å². The van der Waals surface area contributed by atoms with Gasteiger partial charge in [0.05, 0.1) is 12.2 Å². The molecule has 0 radical (unpaired) electrons. The Labute approximate surface area is 160 Å². The van der Waals surface area contributed by atoms with Gasteiger partial charge in [0.2, 0.25) is 5.91 Å². The Morgan fingerprint density at radius 1 is 1.27 bits per heavy atom. The number of rotatable bonds is 5. The van der Waals surface area contributed by atoms with E-state index in [1.807, 2.05) is 48.9 Å². The lowest BCUT2D eigenvalue weighted by Gasteiger charge is -2.21. The lowest BCUT2D eigenvalue weighted by atomic mass is 9.95. The average molecular weight is 372 g/mol. The minimum Gasteiger partial charge on any atom is -0.350 e. The molecule has 1 amide bonds. The molecule has 4 nitrogen and oxygen atoms in total. The van der Waals surface area contributed by atoms with Gasteiger partial charge in [-0.15, -0.1) is 0 Å². The molecule has 0 unspecified atom stereocenters. The van der Waals surface area contributed by atoms with Gasteiger partial charge in [-0.25, -0.2) is 0 Å². The molecule has 1 N–H and O–H groups in total. The number of aromatic nitrogens is 2. The molecule has 138 valence electrons. The predicted octanol–water partition coefficient (Wildman–Crippen LogP) is 4.66. The van der Waals surface area contributed by atoms with Crippen LogP contribution in [0.2, 0.25) is 5.02 Å². The summed E-state index contributed by atoms with van der Waals surface area (Å²) in [7, 11) is 0. The number of amides is 1. The molecule has 1 saturated carbocycles. The minimum absolute atomic E-state index is 0.0189. The van der Waals surface area contributed by atoms with Crippen molar-refractivity contribution in [3.8, 4) is 0 Å². The summed E-state index contributed by atoms with van der Waals surface area (Å²) in [5.41, 5.74) is 3.97. The highest BCUT2D eigenvalue weighted by molar-refractivity contribution is 6.31. The first kappa shape index (κ1) is 18.7. The maximum absolute atomic E-state index is 12.2. The van der Waals surface area contributed by atoms with Crippen LogP contribution in [-0.2, 0) is 11.3 Å². The molecule has 1 aliphatic rings. The molecule has 0 atom stereocenters. The smallest absolute Gasteiger partial charge is 0.244 e. The van der Waals surface area contributed by atoms with Gasteiger partial charge in [0.1, 0.15) is 0 Å². The molecule has 1 aromatic heterocycles. The number of benzene rings is 1.